The average Bonchev–Trinajstić information content (AvgIpc) is 2.61. The minimum Gasteiger partial charge on any atom is -0.494 e. The van der Waals surface area contributed by atoms with E-state index in [9.17, 15) is 9.90 Å². The summed E-state index contributed by atoms with van der Waals surface area (Å²) in [6.45, 7) is 2.77. The number of carbonyl (C=O) groups is 1. The molecule has 3 rings (SSSR count). The maximum Gasteiger partial charge on any atom is 0.336 e. The van der Waals surface area contributed by atoms with E-state index in [1.54, 1.807) is 24.3 Å². The number of benzene rings is 2. The zero-order valence-electron chi connectivity index (χ0n) is 13.8. The van der Waals surface area contributed by atoms with Crippen molar-refractivity contribution in [2.75, 3.05) is 6.61 Å². The molecule has 0 amide bonds. The summed E-state index contributed by atoms with van der Waals surface area (Å²) in [4.78, 5) is 16.2. The lowest BCUT2D eigenvalue weighted by Crippen LogP contribution is -2.01. The van der Waals surface area contributed by atoms with E-state index < -0.39 is 5.97 Å². The molecule has 128 valence electrons. The van der Waals surface area contributed by atoms with Crippen molar-refractivity contribution >= 4 is 28.5 Å². The minimum atomic E-state index is -1.01. The Morgan fingerprint density at radius 1 is 1.20 bits per heavy atom. The number of hydrogen-bond donors (Lipinski definition) is 1. The predicted molar refractivity (Wildman–Crippen MR) is 99.6 cm³/mol. The number of aromatic carboxylic acids is 1. The summed E-state index contributed by atoms with van der Waals surface area (Å²) in [5.41, 5.74) is 2.18. The van der Waals surface area contributed by atoms with Gasteiger partial charge in [-0.05, 0) is 42.8 Å². The standard InChI is InChI=1S/C20H18ClNO3/c1-2-3-9-25-15-6-4-5-13(10-15)19-12-17(20(23)24)16-11-14(21)7-8-18(16)22-19/h4-8,10-12H,2-3,9H2,1H3,(H,23,24). The molecule has 3 aromatic rings. The molecule has 0 atom stereocenters. The fourth-order valence-corrected chi connectivity index (χ4v) is 2.77. The van der Waals surface area contributed by atoms with E-state index in [4.69, 9.17) is 16.3 Å². The van der Waals surface area contributed by atoms with Crippen LogP contribution in [-0.2, 0) is 0 Å². The van der Waals surface area contributed by atoms with Gasteiger partial charge in [0.15, 0.2) is 0 Å². The van der Waals surface area contributed by atoms with E-state index in [2.05, 4.69) is 11.9 Å². The summed E-state index contributed by atoms with van der Waals surface area (Å²) in [7, 11) is 0. The number of hydrogen-bond acceptors (Lipinski definition) is 3. The number of halogens is 1. The minimum absolute atomic E-state index is 0.180. The van der Waals surface area contributed by atoms with Crippen molar-refractivity contribution in [2.45, 2.75) is 19.8 Å². The number of unbranched alkanes of at least 4 members (excludes halogenated alkanes) is 1. The Morgan fingerprint density at radius 3 is 2.80 bits per heavy atom. The molecule has 0 aliphatic heterocycles. The molecule has 1 aromatic heterocycles. The Kier molecular flexibility index (Phi) is 5.19. The van der Waals surface area contributed by atoms with Gasteiger partial charge in [-0.2, -0.15) is 0 Å². The second kappa shape index (κ2) is 7.53. The fraction of sp³-hybridized carbons (Fsp3) is 0.200. The molecule has 0 aliphatic carbocycles. The first-order valence-corrected chi connectivity index (χ1v) is 8.53. The lowest BCUT2D eigenvalue weighted by Gasteiger charge is -2.10. The molecule has 0 fully saturated rings. The van der Waals surface area contributed by atoms with Crippen molar-refractivity contribution in [3.63, 3.8) is 0 Å². The molecule has 5 heteroatoms. The summed E-state index contributed by atoms with van der Waals surface area (Å²) in [5.74, 6) is -0.257. The number of rotatable bonds is 6. The molecule has 0 bridgehead atoms. The first-order chi connectivity index (χ1) is 12.1. The number of ether oxygens (including phenoxy) is 1. The average molecular weight is 356 g/mol. The summed E-state index contributed by atoms with van der Waals surface area (Å²) in [5, 5.41) is 10.6. The van der Waals surface area contributed by atoms with Crippen LogP contribution in [0.5, 0.6) is 5.75 Å². The fourth-order valence-electron chi connectivity index (χ4n) is 2.60. The van der Waals surface area contributed by atoms with Gasteiger partial charge < -0.3 is 9.84 Å². The van der Waals surface area contributed by atoms with Gasteiger partial charge >= 0.3 is 5.97 Å². The Hall–Kier alpha value is -2.59. The molecule has 4 nitrogen and oxygen atoms in total. The van der Waals surface area contributed by atoms with Gasteiger partial charge in [-0.25, -0.2) is 9.78 Å². The van der Waals surface area contributed by atoms with E-state index in [-0.39, 0.29) is 5.56 Å². The molecular weight excluding hydrogens is 338 g/mol. The Morgan fingerprint density at radius 2 is 2.04 bits per heavy atom. The van der Waals surface area contributed by atoms with Gasteiger partial charge in [-0.15, -0.1) is 0 Å². The number of fused-ring (bicyclic) bond motifs is 1. The third-order valence-electron chi connectivity index (χ3n) is 3.90. The third kappa shape index (κ3) is 3.91. The van der Waals surface area contributed by atoms with Crippen LogP contribution in [0.3, 0.4) is 0 Å². The molecule has 25 heavy (non-hydrogen) atoms. The van der Waals surface area contributed by atoms with E-state index in [0.717, 1.165) is 24.2 Å². The van der Waals surface area contributed by atoms with Crippen LogP contribution in [0.15, 0.2) is 48.5 Å². The number of carboxylic acid groups (broad SMARTS) is 1. The van der Waals surface area contributed by atoms with Crippen molar-refractivity contribution in [1.29, 1.82) is 0 Å². The van der Waals surface area contributed by atoms with Crippen LogP contribution in [-0.4, -0.2) is 22.7 Å². The molecule has 0 saturated heterocycles. The zero-order valence-corrected chi connectivity index (χ0v) is 14.6. The van der Waals surface area contributed by atoms with Crippen LogP contribution in [0.25, 0.3) is 22.2 Å². The van der Waals surface area contributed by atoms with Crippen molar-refractivity contribution in [3.8, 4) is 17.0 Å². The molecular formula is C20H18ClNO3. The highest BCUT2D eigenvalue weighted by Gasteiger charge is 2.14. The largest absolute Gasteiger partial charge is 0.494 e. The normalized spacial score (nSPS) is 10.8. The zero-order chi connectivity index (χ0) is 17.8. The molecule has 0 aliphatic rings. The van der Waals surface area contributed by atoms with Crippen molar-refractivity contribution in [1.82, 2.24) is 4.98 Å². The summed E-state index contributed by atoms with van der Waals surface area (Å²) < 4.78 is 5.73. The Balaban J connectivity index is 2.05. The molecule has 0 unspecified atom stereocenters. The second-order valence-electron chi connectivity index (χ2n) is 5.75. The van der Waals surface area contributed by atoms with Gasteiger partial charge in [-0.3, -0.25) is 0 Å². The van der Waals surface area contributed by atoms with Crippen LogP contribution in [0.2, 0.25) is 5.02 Å². The Labute approximate surface area is 151 Å². The summed E-state index contributed by atoms with van der Waals surface area (Å²) in [6, 6.07) is 14.2. The highest BCUT2D eigenvalue weighted by molar-refractivity contribution is 6.31. The predicted octanol–water partition coefficient (Wildman–Crippen LogP) is 5.43. The molecule has 0 saturated carbocycles. The van der Waals surface area contributed by atoms with Crippen LogP contribution in [0, 0.1) is 0 Å². The molecule has 1 N–H and O–H groups in total. The summed E-state index contributed by atoms with van der Waals surface area (Å²) in [6.07, 6.45) is 2.05. The van der Waals surface area contributed by atoms with E-state index in [1.165, 1.54) is 0 Å². The highest BCUT2D eigenvalue weighted by atomic mass is 35.5. The number of pyridine rings is 1. The smallest absolute Gasteiger partial charge is 0.336 e. The van der Waals surface area contributed by atoms with Gasteiger partial charge in [0.1, 0.15) is 5.75 Å². The third-order valence-corrected chi connectivity index (χ3v) is 4.13. The molecule has 1 heterocycles. The van der Waals surface area contributed by atoms with E-state index >= 15 is 0 Å². The van der Waals surface area contributed by atoms with Crippen molar-refractivity contribution < 1.29 is 14.6 Å². The number of carboxylic acids is 1. The summed E-state index contributed by atoms with van der Waals surface area (Å²) >= 11 is 6.00. The highest BCUT2D eigenvalue weighted by Crippen LogP contribution is 2.28. The van der Waals surface area contributed by atoms with Gasteiger partial charge in [-0.1, -0.05) is 37.1 Å². The molecule has 2 aromatic carbocycles. The topological polar surface area (TPSA) is 59.4 Å². The van der Waals surface area contributed by atoms with E-state index in [1.807, 2.05) is 24.3 Å². The van der Waals surface area contributed by atoms with Crippen molar-refractivity contribution in [3.05, 3.63) is 59.1 Å². The second-order valence-corrected chi connectivity index (χ2v) is 6.19. The van der Waals surface area contributed by atoms with Gasteiger partial charge in [0.25, 0.3) is 0 Å². The van der Waals surface area contributed by atoms with E-state index in [0.29, 0.717) is 28.2 Å². The monoisotopic (exact) mass is 355 g/mol. The van der Waals surface area contributed by atoms with Crippen LogP contribution >= 0.6 is 11.6 Å². The SMILES string of the molecule is CCCCOc1cccc(-c2cc(C(=O)O)c3cc(Cl)ccc3n2)c1. The van der Waals surface area contributed by atoms with Gasteiger partial charge in [0.05, 0.1) is 23.4 Å². The number of nitrogens with zero attached hydrogens (tertiary/aromatic N) is 1. The van der Waals surface area contributed by atoms with Crippen molar-refractivity contribution in [2.24, 2.45) is 0 Å². The quantitative estimate of drug-likeness (QED) is 0.599. The molecule has 0 radical (unpaired) electrons. The van der Waals surface area contributed by atoms with Gasteiger partial charge in [0.2, 0.25) is 0 Å². The van der Waals surface area contributed by atoms with Gasteiger partial charge in [0, 0.05) is 16.0 Å². The van der Waals surface area contributed by atoms with Crippen LogP contribution in [0.4, 0.5) is 0 Å². The lowest BCUT2D eigenvalue weighted by molar-refractivity contribution is 0.0699. The first-order valence-electron chi connectivity index (χ1n) is 8.15. The first kappa shape index (κ1) is 17.2. The maximum atomic E-state index is 11.7. The molecule has 0 spiro atoms. The Bertz CT molecular complexity index is 924. The lowest BCUT2D eigenvalue weighted by atomic mass is 10.0. The number of aromatic nitrogens is 1. The van der Waals surface area contributed by atoms with Crippen LogP contribution in [0.1, 0.15) is 30.1 Å². The van der Waals surface area contributed by atoms with Crippen LogP contribution < -0.4 is 4.74 Å². The maximum absolute atomic E-state index is 11.7.